The van der Waals surface area contributed by atoms with Gasteiger partial charge in [0.1, 0.15) is 0 Å². The fraction of sp³-hybridized carbons (Fsp3) is 0.269. The molecule has 0 fully saturated rings. The number of rotatable bonds is 8. The highest BCUT2D eigenvalue weighted by molar-refractivity contribution is 6.35. The zero-order valence-electron chi connectivity index (χ0n) is 19.2. The molecule has 0 bridgehead atoms. The molecule has 1 aliphatic carbocycles. The van der Waals surface area contributed by atoms with Crippen molar-refractivity contribution in [3.8, 4) is 0 Å². The first-order valence-corrected chi connectivity index (χ1v) is 12.4. The summed E-state index contributed by atoms with van der Waals surface area (Å²) in [4.78, 5) is 27.4. The first-order chi connectivity index (χ1) is 16.8. The van der Waals surface area contributed by atoms with E-state index >= 15 is 0 Å². The average Bonchev–Trinajstić information content (AvgIpc) is 3.11. The minimum Gasteiger partial charge on any atom is -0.342 e. The van der Waals surface area contributed by atoms with E-state index in [4.69, 9.17) is 40.2 Å². The lowest BCUT2D eigenvalue weighted by molar-refractivity contribution is -0.115. The van der Waals surface area contributed by atoms with E-state index in [-0.39, 0.29) is 29.2 Å². The molecule has 1 aliphatic rings. The van der Waals surface area contributed by atoms with Crippen LogP contribution in [0.3, 0.4) is 0 Å². The number of allylic oxidation sites excluding steroid dienone is 4. The Balaban J connectivity index is 1.55. The van der Waals surface area contributed by atoms with Crippen molar-refractivity contribution in [2.45, 2.75) is 31.3 Å². The molecule has 4 rings (SSSR count). The molecule has 6 nitrogen and oxygen atoms in total. The predicted octanol–water partition coefficient (Wildman–Crippen LogP) is 5.37. The summed E-state index contributed by atoms with van der Waals surface area (Å²) in [6.45, 7) is 0.922. The van der Waals surface area contributed by atoms with E-state index in [9.17, 15) is 9.59 Å². The number of aryl methyl sites for hydroxylation is 1. The maximum absolute atomic E-state index is 13.1. The lowest BCUT2D eigenvalue weighted by Crippen LogP contribution is -2.31. The number of carbonyl (C=O) groups excluding carboxylic acids is 2. The second-order valence-corrected chi connectivity index (χ2v) is 9.86. The molecule has 0 spiro atoms. The summed E-state index contributed by atoms with van der Waals surface area (Å²) in [5.41, 5.74) is 2.58. The second kappa shape index (κ2) is 10.9. The molecule has 0 saturated heterocycles. The third kappa shape index (κ3) is 5.40. The van der Waals surface area contributed by atoms with E-state index in [0.29, 0.717) is 58.2 Å². The number of halogens is 3. The Kier molecular flexibility index (Phi) is 7.85. The van der Waals surface area contributed by atoms with Gasteiger partial charge in [0.15, 0.2) is 5.78 Å². The molecule has 35 heavy (non-hydrogen) atoms. The standard InChI is InChI=1S/C26H25Cl3N4O2/c1-31(25(35)17-7-3-2-4-8-17)13-6-14-32-24-20(28)9-5-10-22(24)33(26(32)30)16-23(34)19-12-11-18(27)15-21(19)29/h2-5,7-12,18,30H,6,13-16H2,1H3. The SMILES string of the molecule is CN(CCCn1c(=N)n(CC(=O)C2=C(Cl)CC(Cl)C=C2)c2cccc(Cl)c21)C(=O)c1ccccc1. The first kappa shape index (κ1) is 25.3. The van der Waals surface area contributed by atoms with Crippen LogP contribution in [0.4, 0.5) is 0 Å². The van der Waals surface area contributed by atoms with Gasteiger partial charge in [-0.2, -0.15) is 0 Å². The van der Waals surface area contributed by atoms with E-state index in [1.54, 1.807) is 57.5 Å². The highest BCUT2D eigenvalue weighted by Crippen LogP contribution is 2.27. The number of aromatic nitrogens is 2. The van der Waals surface area contributed by atoms with Gasteiger partial charge >= 0.3 is 0 Å². The molecule has 1 N–H and O–H groups in total. The summed E-state index contributed by atoms with van der Waals surface area (Å²) in [6.07, 6.45) is 4.42. The number of hydrogen-bond donors (Lipinski definition) is 1. The lowest BCUT2D eigenvalue weighted by Gasteiger charge is -2.17. The van der Waals surface area contributed by atoms with E-state index in [1.165, 1.54) is 0 Å². The number of nitrogens with zero attached hydrogens (tertiary/aromatic N) is 3. The van der Waals surface area contributed by atoms with Crippen LogP contribution in [0.5, 0.6) is 0 Å². The van der Waals surface area contributed by atoms with Crippen LogP contribution in [0.15, 0.2) is 71.3 Å². The Bertz CT molecular complexity index is 1390. The van der Waals surface area contributed by atoms with Gasteiger partial charge in [-0.1, -0.05) is 59.6 Å². The zero-order valence-corrected chi connectivity index (χ0v) is 21.4. The van der Waals surface area contributed by atoms with Crippen LogP contribution in [0.1, 0.15) is 23.2 Å². The first-order valence-electron chi connectivity index (χ1n) is 11.2. The van der Waals surface area contributed by atoms with Gasteiger partial charge in [0, 0.05) is 42.7 Å². The minimum absolute atomic E-state index is 0.0437. The third-order valence-corrected chi connectivity index (χ3v) is 6.98. The molecular weight excluding hydrogens is 507 g/mol. The van der Waals surface area contributed by atoms with Gasteiger partial charge in [-0.05, 0) is 30.7 Å². The Morgan fingerprint density at radius 3 is 2.54 bits per heavy atom. The van der Waals surface area contributed by atoms with Crippen LogP contribution in [-0.4, -0.2) is 44.7 Å². The van der Waals surface area contributed by atoms with Gasteiger partial charge in [0.2, 0.25) is 5.62 Å². The number of para-hydroxylation sites is 1. The summed E-state index contributed by atoms with van der Waals surface area (Å²) < 4.78 is 3.42. The molecule has 3 aromatic rings. The topological polar surface area (TPSA) is 71.1 Å². The Labute approximate surface area is 218 Å². The van der Waals surface area contributed by atoms with Gasteiger partial charge in [-0.15, -0.1) is 11.6 Å². The molecule has 0 saturated carbocycles. The number of alkyl halides is 1. The molecule has 1 unspecified atom stereocenters. The minimum atomic E-state index is -0.230. The molecule has 1 atom stereocenters. The fourth-order valence-corrected chi connectivity index (χ4v) is 5.13. The van der Waals surface area contributed by atoms with Gasteiger partial charge in [0.05, 0.1) is 28.0 Å². The van der Waals surface area contributed by atoms with Gasteiger partial charge in [0.25, 0.3) is 5.91 Å². The highest BCUT2D eigenvalue weighted by Gasteiger charge is 2.21. The van der Waals surface area contributed by atoms with Crippen molar-refractivity contribution in [1.82, 2.24) is 14.0 Å². The van der Waals surface area contributed by atoms with Crippen LogP contribution in [0.25, 0.3) is 11.0 Å². The summed E-state index contributed by atoms with van der Waals surface area (Å²) in [6, 6.07) is 14.5. The van der Waals surface area contributed by atoms with Crippen LogP contribution in [0, 0.1) is 5.41 Å². The quantitative estimate of drug-likeness (QED) is 0.397. The number of Topliss-reactive ketones (excluding diaryl/α,β-unsaturated/α-hetero) is 1. The number of hydrogen-bond acceptors (Lipinski definition) is 3. The third-order valence-electron chi connectivity index (χ3n) is 6.02. The summed E-state index contributed by atoms with van der Waals surface area (Å²) in [5.74, 6) is -0.252. The van der Waals surface area contributed by atoms with Crippen molar-refractivity contribution in [2.24, 2.45) is 0 Å². The van der Waals surface area contributed by atoms with Gasteiger partial charge in [-0.25, -0.2) is 0 Å². The maximum Gasteiger partial charge on any atom is 0.253 e. The number of carbonyl (C=O) groups is 2. The number of ketones is 1. The van der Waals surface area contributed by atoms with E-state index < -0.39 is 0 Å². The Morgan fingerprint density at radius 1 is 1.09 bits per heavy atom. The lowest BCUT2D eigenvalue weighted by atomic mass is 10.0. The van der Waals surface area contributed by atoms with Crippen LogP contribution in [-0.2, 0) is 17.9 Å². The predicted molar refractivity (Wildman–Crippen MR) is 140 cm³/mol. The maximum atomic E-state index is 13.1. The van der Waals surface area contributed by atoms with Crippen LogP contribution >= 0.6 is 34.8 Å². The van der Waals surface area contributed by atoms with Crippen molar-refractivity contribution < 1.29 is 9.59 Å². The number of fused-ring (bicyclic) bond motifs is 1. The van der Waals surface area contributed by atoms with Crippen molar-refractivity contribution in [3.05, 3.63) is 87.5 Å². The monoisotopic (exact) mass is 530 g/mol. The largest absolute Gasteiger partial charge is 0.342 e. The van der Waals surface area contributed by atoms with Crippen molar-refractivity contribution in [2.75, 3.05) is 13.6 Å². The molecule has 0 radical (unpaired) electrons. The van der Waals surface area contributed by atoms with Crippen molar-refractivity contribution in [3.63, 3.8) is 0 Å². The molecule has 1 heterocycles. The van der Waals surface area contributed by atoms with Crippen LogP contribution in [0.2, 0.25) is 5.02 Å². The molecule has 2 aromatic carbocycles. The van der Waals surface area contributed by atoms with Crippen molar-refractivity contribution in [1.29, 1.82) is 5.41 Å². The Hall–Kier alpha value is -2.80. The Morgan fingerprint density at radius 2 is 1.83 bits per heavy atom. The molecule has 182 valence electrons. The second-order valence-electron chi connectivity index (χ2n) is 8.44. The highest BCUT2D eigenvalue weighted by atomic mass is 35.5. The fourth-order valence-electron chi connectivity index (χ4n) is 4.21. The molecule has 1 amide bonds. The molecule has 1 aromatic heterocycles. The summed E-state index contributed by atoms with van der Waals surface area (Å²) >= 11 is 18.9. The smallest absolute Gasteiger partial charge is 0.253 e. The summed E-state index contributed by atoms with van der Waals surface area (Å²) in [7, 11) is 1.76. The van der Waals surface area contributed by atoms with E-state index in [2.05, 4.69) is 0 Å². The number of imidazole rings is 1. The van der Waals surface area contributed by atoms with E-state index in [0.717, 1.165) is 0 Å². The molecule has 0 aliphatic heterocycles. The van der Waals surface area contributed by atoms with Crippen molar-refractivity contribution >= 4 is 57.5 Å². The van der Waals surface area contributed by atoms with E-state index in [1.807, 2.05) is 24.3 Å². The van der Waals surface area contributed by atoms with Gasteiger partial charge in [-0.3, -0.25) is 15.0 Å². The average molecular weight is 532 g/mol. The normalized spacial score (nSPS) is 15.6. The molecular formula is C26H25Cl3N4O2. The summed E-state index contributed by atoms with van der Waals surface area (Å²) in [5, 5.41) is 9.51. The number of benzene rings is 2. The molecule has 9 heteroatoms. The van der Waals surface area contributed by atoms with Crippen LogP contribution < -0.4 is 5.62 Å². The number of nitrogens with one attached hydrogen (secondary N) is 1. The number of amides is 1. The zero-order chi connectivity index (χ0) is 25.1. The van der Waals surface area contributed by atoms with Gasteiger partial charge < -0.3 is 14.0 Å².